The van der Waals surface area contributed by atoms with Gasteiger partial charge in [-0.05, 0) is 19.3 Å². The minimum Gasteiger partial charge on any atom is -0.481 e. The molecule has 4 heteroatoms. The van der Waals surface area contributed by atoms with Crippen molar-refractivity contribution in [1.29, 1.82) is 0 Å². The first-order valence-corrected chi connectivity index (χ1v) is 5.27. The van der Waals surface area contributed by atoms with Gasteiger partial charge in [-0.25, -0.2) is 0 Å². The summed E-state index contributed by atoms with van der Waals surface area (Å²) in [4.78, 5) is 23.8. The summed E-state index contributed by atoms with van der Waals surface area (Å²) in [5.41, 5.74) is 0. The molecule has 1 amide bonds. The number of allylic oxidation sites excluding steroid dienone is 1. The summed E-state index contributed by atoms with van der Waals surface area (Å²) in [5, 5.41) is 8.57. The zero-order valence-electron chi connectivity index (χ0n) is 8.82. The number of carbonyl (C=O) groups excluding carboxylic acids is 1. The number of amides is 1. The Hall–Kier alpha value is -1.32. The summed E-state index contributed by atoms with van der Waals surface area (Å²) >= 11 is 0. The third kappa shape index (κ3) is 4.14. The smallest absolute Gasteiger partial charge is 0.305 e. The van der Waals surface area contributed by atoms with E-state index >= 15 is 0 Å². The lowest BCUT2D eigenvalue weighted by Gasteiger charge is -2.21. The Morgan fingerprint density at radius 1 is 1.40 bits per heavy atom. The van der Waals surface area contributed by atoms with Gasteiger partial charge in [0.05, 0.1) is 6.42 Å². The molecule has 0 bridgehead atoms. The summed E-state index contributed by atoms with van der Waals surface area (Å²) in [6.07, 6.45) is 4.88. The minimum absolute atomic E-state index is 0.0380. The summed E-state index contributed by atoms with van der Waals surface area (Å²) in [6, 6.07) is 0.293. The number of nitrogens with zero attached hydrogens (tertiary/aromatic N) is 1. The molecule has 1 aliphatic carbocycles. The average molecular weight is 211 g/mol. The summed E-state index contributed by atoms with van der Waals surface area (Å²) in [7, 11) is 0. The van der Waals surface area contributed by atoms with Crippen LogP contribution >= 0.6 is 0 Å². The van der Waals surface area contributed by atoms with E-state index < -0.39 is 5.97 Å². The van der Waals surface area contributed by atoms with Crippen LogP contribution in [0.1, 0.15) is 32.1 Å². The van der Waals surface area contributed by atoms with Crippen LogP contribution in [0, 0.1) is 0 Å². The van der Waals surface area contributed by atoms with Gasteiger partial charge in [-0.2, -0.15) is 0 Å². The van der Waals surface area contributed by atoms with Crippen molar-refractivity contribution in [3.05, 3.63) is 12.7 Å². The quantitative estimate of drug-likeness (QED) is 0.648. The fourth-order valence-corrected chi connectivity index (χ4v) is 1.48. The second kappa shape index (κ2) is 5.53. The Bertz CT molecular complexity index is 259. The molecule has 0 aromatic heterocycles. The minimum atomic E-state index is -0.850. The molecular weight excluding hydrogens is 194 g/mol. The number of rotatable bonds is 7. The molecule has 0 atom stereocenters. The normalized spacial score (nSPS) is 14.7. The maximum absolute atomic E-state index is 11.7. The second-order valence-electron chi connectivity index (χ2n) is 3.79. The van der Waals surface area contributed by atoms with Gasteiger partial charge >= 0.3 is 5.97 Å². The maximum atomic E-state index is 11.7. The molecule has 1 fully saturated rings. The molecule has 0 aromatic rings. The number of aliphatic carboxylic acids is 1. The van der Waals surface area contributed by atoms with E-state index in [1.807, 2.05) is 0 Å². The van der Waals surface area contributed by atoms with Crippen molar-refractivity contribution in [2.45, 2.75) is 38.1 Å². The number of carbonyl (C=O) groups is 2. The average Bonchev–Trinajstić information content (AvgIpc) is 2.98. The molecule has 0 spiro atoms. The van der Waals surface area contributed by atoms with Gasteiger partial charge in [-0.15, -0.1) is 6.58 Å². The van der Waals surface area contributed by atoms with Crippen molar-refractivity contribution in [1.82, 2.24) is 4.90 Å². The van der Waals surface area contributed by atoms with E-state index in [-0.39, 0.29) is 12.3 Å². The van der Waals surface area contributed by atoms with Crippen LogP contribution in [0.5, 0.6) is 0 Å². The fourth-order valence-electron chi connectivity index (χ4n) is 1.48. The van der Waals surface area contributed by atoms with Gasteiger partial charge in [-0.1, -0.05) is 6.08 Å². The SMILES string of the molecule is C=CCCC(=O)N(CCC(=O)O)C1CC1. The van der Waals surface area contributed by atoms with Gasteiger partial charge in [0.25, 0.3) is 0 Å². The first-order chi connectivity index (χ1) is 7.15. The lowest BCUT2D eigenvalue weighted by molar-refractivity contribution is -0.138. The van der Waals surface area contributed by atoms with E-state index in [9.17, 15) is 9.59 Å². The van der Waals surface area contributed by atoms with Crippen molar-refractivity contribution in [2.24, 2.45) is 0 Å². The zero-order valence-corrected chi connectivity index (χ0v) is 8.82. The van der Waals surface area contributed by atoms with Crippen molar-refractivity contribution >= 4 is 11.9 Å². The van der Waals surface area contributed by atoms with E-state index in [1.54, 1.807) is 11.0 Å². The van der Waals surface area contributed by atoms with Crippen molar-refractivity contribution in [3.8, 4) is 0 Å². The van der Waals surface area contributed by atoms with Crippen LogP contribution in [0.25, 0.3) is 0 Å². The monoisotopic (exact) mass is 211 g/mol. The van der Waals surface area contributed by atoms with Crippen LogP contribution in [0.2, 0.25) is 0 Å². The molecule has 0 heterocycles. The van der Waals surface area contributed by atoms with Gasteiger partial charge in [0.1, 0.15) is 0 Å². The Labute approximate surface area is 89.6 Å². The van der Waals surface area contributed by atoms with Gasteiger partial charge in [0.2, 0.25) is 5.91 Å². The molecule has 0 radical (unpaired) electrons. The lowest BCUT2D eigenvalue weighted by Crippen LogP contribution is -2.34. The highest BCUT2D eigenvalue weighted by atomic mass is 16.4. The van der Waals surface area contributed by atoms with Crippen molar-refractivity contribution < 1.29 is 14.7 Å². The molecule has 15 heavy (non-hydrogen) atoms. The molecule has 1 saturated carbocycles. The van der Waals surface area contributed by atoms with Crippen LogP contribution in [-0.2, 0) is 9.59 Å². The third-order valence-corrected chi connectivity index (χ3v) is 2.44. The van der Waals surface area contributed by atoms with Gasteiger partial charge in [0, 0.05) is 19.0 Å². The Balaban J connectivity index is 2.38. The van der Waals surface area contributed by atoms with Gasteiger partial charge < -0.3 is 10.0 Å². The Kier molecular flexibility index (Phi) is 4.34. The molecule has 1 N–H and O–H groups in total. The summed E-state index contributed by atoms with van der Waals surface area (Å²) in [6.45, 7) is 3.91. The second-order valence-corrected chi connectivity index (χ2v) is 3.79. The number of carboxylic acids is 1. The Morgan fingerprint density at radius 2 is 2.07 bits per heavy atom. The topological polar surface area (TPSA) is 57.6 Å². The first kappa shape index (κ1) is 11.8. The standard InChI is InChI=1S/C11H17NO3/c1-2-3-4-10(13)12(9-5-6-9)8-7-11(14)15/h2,9H,1,3-8H2,(H,14,15). The van der Waals surface area contributed by atoms with Crippen LogP contribution in [0.15, 0.2) is 12.7 Å². The molecule has 0 saturated heterocycles. The molecule has 0 unspecified atom stereocenters. The van der Waals surface area contributed by atoms with Crippen LogP contribution < -0.4 is 0 Å². The number of carboxylic acid groups (broad SMARTS) is 1. The highest BCUT2D eigenvalue weighted by Crippen LogP contribution is 2.27. The van der Waals surface area contributed by atoms with Gasteiger partial charge in [0.15, 0.2) is 0 Å². The van der Waals surface area contributed by atoms with Crippen molar-refractivity contribution in [3.63, 3.8) is 0 Å². The number of hydrogen-bond acceptors (Lipinski definition) is 2. The molecule has 1 rings (SSSR count). The molecular formula is C11H17NO3. The lowest BCUT2D eigenvalue weighted by atomic mass is 10.2. The number of hydrogen-bond donors (Lipinski definition) is 1. The van der Waals surface area contributed by atoms with E-state index in [2.05, 4.69) is 6.58 Å². The summed E-state index contributed by atoms with van der Waals surface area (Å²) in [5.74, 6) is -0.796. The van der Waals surface area contributed by atoms with E-state index in [1.165, 1.54) is 0 Å². The molecule has 4 nitrogen and oxygen atoms in total. The molecule has 0 aromatic carbocycles. The van der Waals surface area contributed by atoms with Crippen LogP contribution in [-0.4, -0.2) is 34.5 Å². The molecule has 1 aliphatic rings. The van der Waals surface area contributed by atoms with E-state index in [0.717, 1.165) is 12.8 Å². The third-order valence-electron chi connectivity index (χ3n) is 2.44. The molecule has 0 aliphatic heterocycles. The first-order valence-electron chi connectivity index (χ1n) is 5.27. The zero-order chi connectivity index (χ0) is 11.3. The van der Waals surface area contributed by atoms with Crippen LogP contribution in [0.4, 0.5) is 0 Å². The maximum Gasteiger partial charge on any atom is 0.305 e. The largest absolute Gasteiger partial charge is 0.481 e. The van der Waals surface area contributed by atoms with Gasteiger partial charge in [-0.3, -0.25) is 9.59 Å². The van der Waals surface area contributed by atoms with Crippen molar-refractivity contribution in [2.75, 3.05) is 6.54 Å². The van der Waals surface area contributed by atoms with Crippen LogP contribution in [0.3, 0.4) is 0 Å². The highest BCUT2D eigenvalue weighted by Gasteiger charge is 2.31. The Morgan fingerprint density at radius 3 is 2.53 bits per heavy atom. The predicted octanol–water partition coefficient (Wildman–Crippen LogP) is 1.42. The molecule has 84 valence electrons. The predicted molar refractivity (Wildman–Crippen MR) is 56.4 cm³/mol. The van der Waals surface area contributed by atoms with E-state index in [4.69, 9.17) is 5.11 Å². The summed E-state index contributed by atoms with van der Waals surface area (Å²) < 4.78 is 0. The highest BCUT2D eigenvalue weighted by molar-refractivity contribution is 5.77. The fraction of sp³-hybridized carbons (Fsp3) is 0.636. The van der Waals surface area contributed by atoms with E-state index in [0.29, 0.717) is 25.4 Å².